The Balaban J connectivity index is 2.98. The van der Waals surface area contributed by atoms with Crippen molar-refractivity contribution in [2.45, 2.75) is 39.3 Å². The van der Waals surface area contributed by atoms with E-state index in [2.05, 4.69) is 0 Å². The van der Waals surface area contributed by atoms with Gasteiger partial charge in [0.05, 0.1) is 6.07 Å². The molecule has 0 aliphatic carbocycles. The van der Waals surface area contributed by atoms with Crippen molar-refractivity contribution < 1.29 is 0 Å². The lowest BCUT2D eigenvalue weighted by atomic mass is 10.2. The molecule has 0 atom stereocenters. The van der Waals surface area contributed by atoms with Gasteiger partial charge in [-0.15, -0.1) is 0 Å². The third-order valence-corrected chi connectivity index (χ3v) is 2.52. The molecule has 1 heterocycles. The molecule has 17 heavy (non-hydrogen) atoms. The molecular weight excluding hydrogens is 220 g/mol. The van der Waals surface area contributed by atoms with Crippen LogP contribution < -0.4 is 17.0 Å². The fourth-order valence-electron chi connectivity index (χ4n) is 1.57. The molecular formula is C11H16N4O2. The minimum absolute atomic E-state index is 0.0757. The standard InChI is InChI=1S/C11H16N4O2/c1-2-14-8-9(13)10(16)15(11(14)17)7-5-3-4-6-12/h8H,2-5,7,13H2,1H3. The number of nitrogens with zero attached hydrogens (tertiary/aromatic N) is 3. The molecule has 0 radical (unpaired) electrons. The molecule has 0 bridgehead atoms. The third-order valence-electron chi connectivity index (χ3n) is 2.52. The van der Waals surface area contributed by atoms with Gasteiger partial charge in [0.15, 0.2) is 0 Å². The average Bonchev–Trinajstić information content (AvgIpc) is 2.33. The Labute approximate surface area is 98.9 Å². The summed E-state index contributed by atoms with van der Waals surface area (Å²) in [7, 11) is 0. The predicted molar refractivity (Wildman–Crippen MR) is 64.5 cm³/mol. The maximum Gasteiger partial charge on any atom is 0.331 e. The molecule has 0 unspecified atom stereocenters. The third kappa shape index (κ3) is 2.97. The van der Waals surface area contributed by atoms with Crippen molar-refractivity contribution in [2.24, 2.45) is 0 Å². The van der Waals surface area contributed by atoms with Crippen molar-refractivity contribution in [2.75, 3.05) is 5.73 Å². The number of nitrogens with two attached hydrogens (primary N) is 1. The highest BCUT2D eigenvalue weighted by Crippen LogP contribution is 1.96. The summed E-state index contributed by atoms with van der Waals surface area (Å²) in [4.78, 5) is 23.5. The van der Waals surface area contributed by atoms with Crippen LogP contribution in [0.25, 0.3) is 0 Å². The number of nitrogen functional groups attached to an aromatic ring is 1. The van der Waals surface area contributed by atoms with E-state index in [1.807, 2.05) is 13.0 Å². The lowest BCUT2D eigenvalue weighted by molar-refractivity contribution is 0.536. The molecule has 0 saturated carbocycles. The van der Waals surface area contributed by atoms with Gasteiger partial charge in [0.25, 0.3) is 5.56 Å². The van der Waals surface area contributed by atoms with Gasteiger partial charge in [0.1, 0.15) is 5.69 Å². The molecule has 2 N–H and O–H groups in total. The van der Waals surface area contributed by atoms with E-state index in [1.165, 1.54) is 10.8 Å². The molecule has 0 spiro atoms. The fourth-order valence-corrected chi connectivity index (χ4v) is 1.57. The summed E-state index contributed by atoms with van der Waals surface area (Å²) in [6, 6.07) is 2.02. The number of aromatic nitrogens is 2. The van der Waals surface area contributed by atoms with E-state index in [4.69, 9.17) is 11.0 Å². The molecule has 6 heteroatoms. The zero-order valence-electron chi connectivity index (χ0n) is 9.85. The fraction of sp³-hybridized carbons (Fsp3) is 0.545. The van der Waals surface area contributed by atoms with Crippen LogP contribution in [0.2, 0.25) is 0 Å². The summed E-state index contributed by atoms with van der Waals surface area (Å²) in [5.74, 6) is 0. The van der Waals surface area contributed by atoms with E-state index in [-0.39, 0.29) is 11.4 Å². The van der Waals surface area contributed by atoms with Gasteiger partial charge in [-0.05, 0) is 19.8 Å². The zero-order chi connectivity index (χ0) is 12.8. The van der Waals surface area contributed by atoms with Gasteiger partial charge in [0, 0.05) is 25.7 Å². The largest absolute Gasteiger partial charge is 0.393 e. The van der Waals surface area contributed by atoms with E-state index in [0.29, 0.717) is 32.4 Å². The number of nitriles is 1. The normalized spacial score (nSPS) is 10.1. The average molecular weight is 236 g/mol. The molecule has 0 aliphatic rings. The Morgan fingerprint density at radius 1 is 1.41 bits per heavy atom. The minimum Gasteiger partial charge on any atom is -0.393 e. The zero-order valence-corrected chi connectivity index (χ0v) is 9.85. The van der Waals surface area contributed by atoms with Crippen LogP contribution >= 0.6 is 0 Å². The van der Waals surface area contributed by atoms with E-state index >= 15 is 0 Å². The summed E-state index contributed by atoms with van der Waals surface area (Å²) in [5.41, 5.74) is 4.84. The van der Waals surface area contributed by atoms with E-state index in [9.17, 15) is 9.59 Å². The van der Waals surface area contributed by atoms with Crippen molar-refractivity contribution in [3.63, 3.8) is 0 Å². The summed E-state index contributed by atoms with van der Waals surface area (Å²) in [6.07, 6.45) is 3.09. The van der Waals surface area contributed by atoms with Gasteiger partial charge < -0.3 is 5.73 Å². The van der Waals surface area contributed by atoms with Crippen molar-refractivity contribution in [1.29, 1.82) is 5.26 Å². The molecule has 0 amide bonds. The molecule has 0 fully saturated rings. The highest BCUT2D eigenvalue weighted by molar-refractivity contribution is 5.30. The highest BCUT2D eigenvalue weighted by Gasteiger charge is 2.07. The van der Waals surface area contributed by atoms with Crippen LogP contribution in [0.1, 0.15) is 26.2 Å². The van der Waals surface area contributed by atoms with Gasteiger partial charge in [-0.2, -0.15) is 5.26 Å². The number of hydrogen-bond acceptors (Lipinski definition) is 4. The first-order chi connectivity index (χ1) is 8.11. The number of hydrogen-bond donors (Lipinski definition) is 1. The van der Waals surface area contributed by atoms with Crippen LogP contribution in [0.15, 0.2) is 15.8 Å². The molecule has 0 aromatic carbocycles. The Kier molecular flexibility index (Phi) is 4.52. The van der Waals surface area contributed by atoms with Gasteiger partial charge in [-0.1, -0.05) is 0 Å². The lowest BCUT2D eigenvalue weighted by Gasteiger charge is -2.09. The maximum atomic E-state index is 11.8. The highest BCUT2D eigenvalue weighted by atomic mass is 16.2. The van der Waals surface area contributed by atoms with Crippen LogP contribution in [0, 0.1) is 11.3 Å². The van der Waals surface area contributed by atoms with Crippen LogP contribution in [0.5, 0.6) is 0 Å². The van der Waals surface area contributed by atoms with E-state index < -0.39 is 5.56 Å². The Hall–Kier alpha value is -2.03. The van der Waals surface area contributed by atoms with Crippen LogP contribution in [0.3, 0.4) is 0 Å². The molecule has 1 rings (SSSR count). The number of anilines is 1. The number of rotatable bonds is 5. The number of aryl methyl sites for hydroxylation is 1. The molecule has 1 aromatic heterocycles. The second-order valence-electron chi connectivity index (χ2n) is 3.73. The predicted octanol–water partition coefficient (Wildman–Crippen LogP) is 0.306. The van der Waals surface area contributed by atoms with Crippen molar-refractivity contribution in [1.82, 2.24) is 9.13 Å². The SMILES string of the molecule is CCn1cc(N)c(=O)n(CCCCC#N)c1=O. The molecule has 92 valence electrons. The first-order valence-corrected chi connectivity index (χ1v) is 5.58. The van der Waals surface area contributed by atoms with E-state index in [1.54, 1.807) is 0 Å². The Morgan fingerprint density at radius 3 is 2.71 bits per heavy atom. The second-order valence-corrected chi connectivity index (χ2v) is 3.73. The summed E-state index contributed by atoms with van der Waals surface area (Å²) < 4.78 is 2.54. The Morgan fingerprint density at radius 2 is 2.12 bits per heavy atom. The van der Waals surface area contributed by atoms with Crippen molar-refractivity contribution in [3.8, 4) is 6.07 Å². The van der Waals surface area contributed by atoms with Crippen molar-refractivity contribution >= 4 is 5.69 Å². The van der Waals surface area contributed by atoms with Gasteiger partial charge in [-0.3, -0.25) is 13.9 Å². The lowest BCUT2D eigenvalue weighted by Crippen LogP contribution is -2.40. The summed E-state index contributed by atoms with van der Waals surface area (Å²) >= 11 is 0. The quantitative estimate of drug-likeness (QED) is 0.744. The second kappa shape index (κ2) is 5.89. The topological polar surface area (TPSA) is 93.8 Å². The summed E-state index contributed by atoms with van der Waals surface area (Å²) in [5, 5.41) is 8.39. The van der Waals surface area contributed by atoms with Crippen molar-refractivity contribution in [3.05, 3.63) is 27.0 Å². The van der Waals surface area contributed by atoms with Crippen LogP contribution in [-0.4, -0.2) is 9.13 Å². The smallest absolute Gasteiger partial charge is 0.331 e. The van der Waals surface area contributed by atoms with Gasteiger partial charge in [0.2, 0.25) is 0 Å². The molecule has 1 aromatic rings. The van der Waals surface area contributed by atoms with E-state index in [0.717, 1.165) is 4.57 Å². The van der Waals surface area contributed by atoms with Gasteiger partial charge >= 0.3 is 5.69 Å². The minimum atomic E-state index is -0.448. The molecule has 0 aliphatic heterocycles. The summed E-state index contributed by atoms with van der Waals surface area (Å²) in [6.45, 7) is 2.59. The monoisotopic (exact) mass is 236 g/mol. The van der Waals surface area contributed by atoms with Gasteiger partial charge in [-0.25, -0.2) is 4.79 Å². The molecule has 6 nitrogen and oxygen atoms in total. The Bertz CT molecular complexity index is 536. The first kappa shape index (κ1) is 13.0. The first-order valence-electron chi connectivity index (χ1n) is 5.58. The van der Waals surface area contributed by atoms with Crippen LogP contribution in [-0.2, 0) is 13.1 Å². The maximum absolute atomic E-state index is 11.8. The number of unbranched alkanes of at least 4 members (excludes halogenated alkanes) is 2. The molecule has 0 saturated heterocycles. The van der Waals surface area contributed by atoms with Crippen LogP contribution in [0.4, 0.5) is 5.69 Å².